The number of H-pyrrole nitrogens is 1. The summed E-state index contributed by atoms with van der Waals surface area (Å²) in [5.41, 5.74) is 1.70. The second kappa shape index (κ2) is 6.39. The molecule has 0 spiro atoms. The fourth-order valence-corrected chi connectivity index (χ4v) is 3.92. The quantitative estimate of drug-likeness (QED) is 0.899. The van der Waals surface area contributed by atoms with Gasteiger partial charge in [0, 0.05) is 63.1 Å². The first-order valence-electron chi connectivity index (χ1n) is 9.52. The molecule has 5 rings (SSSR count). The molecule has 0 atom stereocenters. The molecule has 2 aromatic rings. The molecule has 2 aromatic heterocycles. The molecule has 1 saturated carbocycles. The van der Waals surface area contributed by atoms with Crippen molar-refractivity contribution >= 4 is 11.7 Å². The number of likely N-dealkylation sites (tertiary alicyclic amines) is 1. The monoisotopic (exact) mass is 352 g/mol. The maximum Gasteiger partial charge on any atom is 0.274 e. The highest BCUT2D eigenvalue weighted by Gasteiger charge is 2.37. The van der Waals surface area contributed by atoms with Crippen molar-refractivity contribution in [2.24, 2.45) is 0 Å². The van der Waals surface area contributed by atoms with Crippen LogP contribution in [0.25, 0.3) is 0 Å². The molecule has 0 bridgehead atoms. The Kier molecular flexibility index (Phi) is 3.89. The van der Waals surface area contributed by atoms with Gasteiger partial charge in [0.1, 0.15) is 11.5 Å². The van der Waals surface area contributed by atoms with Crippen LogP contribution in [-0.4, -0.2) is 76.2 Å². The highest BCUT2D eigenvalue weighted by Crippen LogP contribution is 2.39. The van der Waals surface area contributed by atoms with Crippen LogP contribution in [0.3, 0.4) is 0 Å². The number of nitrogens with zero attached hydrogens (tertiary/aromatic N) is 5. The van der Waals surface area contributed by atoms with Crippen molar-refractivity contribution in [2.75, 3.05) is 44.2 Å². The van der Waals surface area contributed by atoms with Crippen LogP contribution < -0.4 is 4.90 Å². The molecule has 1 amide bonds. The minimum absolute atomic E-state index is 0.0662. The number of carbonyl (C=O) groups excluding carboxylic acids is 1. The average molecular weight is 352 g/mol. The molecule has 1 aliphatic carbocycles. The predicted molar refractivity (Wildman–Crippen MR) is 98.3 cm³/mol. The van der Waals surface area contributed by atoms with E-state index in [4.69, 9.17) is 0 Å². The topological polar surface area (TPSA) is 68.4 Å². The molecule has 0 aromatic carbocycles. The van der Waals surface area contributed by atoms with E-state index >= 15 is 0 Å². The lowest BCUT2D eigenvalue weighted by atomic mass is 10.1. The van der Waals surface area contributed by atoms with E-state index in [2.05, 4.69) is 31.0 Å². The SMILES string of the molecule is O=C(c1cc(C2CC2)[nH]n1)N1CC(N2CCN(c3ccccn3)CC2)C1. The molecular formula is C19H24N6O. The molecule has 0 radical (unpaired) electrons. The van der Waals surface area contributed by atoms with Crippen molar-refractivity contribution in [3.63, 3.8) is 0 Å². The van der Waals surface area contributed by atoms with Gasteiger partial charge in [0.2, 0.25) is 0 Å². The van der Waals surface area contributed by atoms with E-state index in [1.54, 1.807) is 0 Å². The Hall–Kier alpha value is -2.41. The summed E-state index contributed by atoms with van der Waals surface area (Å²) in [5, 5.41) is 7.25. The molecule has 7 nitrogen and oxygen atoms in total. The second-order valence-corrected chi connectivity index (χ2v) is 7.56. The summed E-state index contributed by atoms with van der Waals surface area (Å²) >= 11 is 0. The fraction of sp³-hybridized carbons (Fsp3) is 0.526. The van der Waals surface area contributed by atoms with E-state index in [1.807, 2.05) is 29.3 Å². The number of piperazine rings is 1. The lowest BCUT2D eigenvalue weighted by molar-refractivity contribution is 0.0242. The van der Waals surface area contributed by atoms with Crippen LogP contribution in [0.5, 0.6) is 0 Å². The van der Waals surface area contributed by atoms with E-state index in [0.29, 0.717) is 17.7 Å². The average Bonchev–Trinajstić information content (AvgIpc) is 3.38. The summed E-state index contributed by atoms with van der Waals surface area (Å²) in [7, 11) is 0. The molecular weight excluding hydrogens is 328 g/mol. The molecule has 0 unspecified atom stereocenters. The third-order valence-corrected chi connectivity index (χ3v) is 5.79. The van der Waals surface area contributed by atoms with E-state index in [1.165, 1.54) is 12.8 Å². The van der Waals surface area contributed by atoms with E-state index in [-0.39, 0.29) is 5.91 Å². The predicted octanol–water partition coefficient (Wildman–Crippen LogP) is 1.33. The van der Waals surface area contributed by atoms with Gasteiger partial charge in [-0.25, -0.2) is 4.98 Å². The third kappa shape index (κ3) is 2.96. The van der Waals surface area contributed by atoms with E-state index in [0.717, 1.165) is 50.8 Å². The van der Waals surface area contributed by atoms with Gasteiger partial charge in [-0.3, -0.25) is 14.8 Å². The van der Waals surface area contributed by atoms with Crippen LogP contribution in [0.1, 0.15) is 34.9 Å². The first-order chi connectivity index (χ1) is 12.8. The van der Waals surface area contributed by atoms with Crippen LogP contribution in [-0.2, 0) is 0 Å². The molecule has 3 fully saturated rings. The van der Waals surface area contributed by atoms with Crippen LogP contribution in [0, 0.1) is 0 Å². The lowest BCUT2D eigenvalue weighted by Crippen LogP contribution is -2.64. The maximum absolute atomic E-state index is 12.6. The number of carbonyl (C=O) groups is 1. The van der Waals surface area contributed by atoms with Gasteiger partial charge in [-0.05, 0) is 31.0 Å². The van der Waals surface area contributed by atoms with Gasteiger partial charge < -0.3 is 9.80 Å². The molecule has 2 saturated heterocycles. The van der Waals surface area contributed by atoms with Crippen LogP contribution in [0.4, 0.5) is 5.82 Å². The summed E-state index contributed by atoms with van der Waals surface area (Å²) in [4.78, 5) is 23.8. The molecule has 7 heteroatoms. The van der Waals surface area contributed by atoms with Crippen molar-refractivity contribution in [1.82, 2.24) is 25.0 Å². The summed E-state index contributed by atoms with van der Waals surface area (Å²) in [6.45, 7) is 5.66. The van der Waals surface area contributed by atoms with Crippen molar-refractivity contribution in [3.8, 4) is 0 Å². The summed E-state index contributed by atoms with van der Waals surface area (Å²) in [6.07, 6.45) is 4.28. The molecule has 4 heterocycles. The van der Waals surface area contributed by atoms with Gasteiger partial charge in [-0.15, -0.1) is 0 Å². The summed E-state index contributed by atoms with van der Waals surface area (Å²) < 4.78 is 0. The number of hydrogen-bond donors (Lipinski definition) is 1. The number of nitrogens with one attached hydrogen (secondary N) is 1. The summed E-state index contributed by atoms with van der Waals surface area (Å²) in [5.74, 6) is 1.72. The van der Waals surface area contributed by atoms with Crippen molar-refractivity contribution in [1.29, 1.82) is 0 Å². The Labute approximate surface area is 153 Å². The number of hydrogen-bond acceptors (Lipinski definition) is 5. The van der Waals surface area contributed by atoms with Gasteiger partial charge in [-0.2, -0.15) is 5.10 Å². The second-order valence-electron chi connectivity index (χ2n) is 7.56. The van der Waals surface area contributed by atoms with Crippen LogP contribution in [0.2, 0.25) is 0 Å². The van der Waals surface area contributed by atoms with Gasteiger partial charge >= 0.3 is 0 Å². The van der Waals surface area contributed by atoms with Gasteiger partial charge in [0.05, 0.1) is 0 Å². The van der Waals surface area contributed by atoms with Gasteiger partial charge in [0.25, 0.3) is 5.91 Å². The maximum atomic E-state index is 12.6. The van der Waals surface area contributed by atoms with Gasteiger partial charge in [-0.1, -0.05) is 6.07 Å². The first kappa shape index (κ1) is 15.8. The number of amides is 1. The molecule has 3 aliphatic rings. The number of pyridine rings is 1. The smallest absolute Gasteiger partial charge is 0.274 e. The lowest BCUT2D eigenvalue weighted by Gasteiger charge is -2.48. The Bertz CT molecular complexity index is 772. The largest absolute Gasteiger partial charge is 0.354 e. The highest BCUT2D eigenvalue weighted by molar-refractivity contribution is 5.93. The van der Waals surface area contributed by atoms with Crippen LogP contribution in [0.15, 0.2) is 30.5 Å². The number of rotatable bonds is 4. The molecule has 26 heavy (non-hydrogen) atoms. The molecule has 1 N–H and O–H groups in total. The zero-order chi connectivity index (χ0) is 17.5. The Morgan fingerprint density at radius 3 is 2.62 bits per heavy atom. The van der Waals surface area contributed by atoms with Crippen LogP contribution >= 0.6 is 0 Å². The fourth-order valence-electron chi connectivity index (χ4n) is 3.92. The van der Waals surface area contributed by atoms with Gasteiger partial charge in [0.15, 0.2) is 0 Å². The first-order valence-corrected chi connectivity index (χ1v) is 9.52. The minimum Gasteiger partial charge on any atom is -0.354 e. The third-order valence-electron chi connectivity index (χ3n) is 5.79. The Morgan fingerprint density at radius 1 is 1.12 bits per heavy atom. The van der Waals surface area contributed by atoms with E-state index < -0.39 is 0 Å². The number of anilines is 1. The highest BCUT2D eigenvalue weighted by atomic mass is 16.2. The van der Waals surface area contributed by atoms with Crippen molar-refractivity contribution in [2.45, 2.75) is 24.8 Å². The number of aromatic amines is 1. The molecule has 136 valence electrons. The standard InChI is InChI=1S/C19H24N6O/c26-19(17-11-16(21-22-17)14-4-5-14)25-12-15(13-25)23-7-9-24(10-8-23)18-3-1-2-6-20-18/h1-3,6,11,14-15H,4-5,7-10,12-13H2,(H,21,22). The molecule has 2 aliphatic heterocycles. The zero-order valence-corrected chi connectivity index (χ0v) is 14.8. The Balaban J connectivity index is 1.12. The number of aromatic nitrogens is 3. The van der Waals surface area contributed by atoms with E-state index in [9.17, 15) is 4.79 Å². The van der Waals surface area contributed by atoms with Crippen molar-refractivity contribution < 1.29 is 4.79 Å². The normalized spacial score (nSPS) is 21.7. The van der Waals surface area contributed by atoms with Crippen molar-refractivity contribution in [3.05, 3.63) is 41.9 Å². The zero-order valence-electron chi connectivity index (χ0n) is 14.8. The minimum atomic E-state index is 0.0662. The summed E-state index contributed by atoms with van der Waals surface area (Å²) in [6, 6.07) is 8.48. The Morgan fingerprint density at radius 2 is 1.92 bits per heavy atom.